The molecule has 2 rings (SSSR count). The highest BCUT2D eigenvalue weighted by Crippen LogP contribution is 2.22. The fourth-order valence-corrected chi connectivity index (χ4v) is 2.48. The molecule has 2 aromatic heterocycles. The van der Waals surface area contributed by atoms with Gasteiger partial charge in [0.05, 0.1) is 6.04 Å². The first kappa shape index (κ1) is 12.5. The zero-order chi connectivity index (χ0) is 13.0. The number of anilines is 1. The van der Waals surface area contributed by atoms with Crippen molar-refractivity contribution in [3.05, 3.63) is 40.5 Å². The maximum Gasteiger partial charge on any atom is 0.274 e. The molecule has 94 valence electrons. The van der Waals surface area contributed by atoms with Crippen LogP contribution in [-0.4, -0.2) is 15.9 Å². The van der Waals surface area contributed by atoms with Crippen LogP contribution in [0.5, 0.6) is 0 Å². The Hall–Kier alpha value is -1.95. The van der Waals surface area contributed by atoms with Crippen LogP contribution >= 0.6 is 11.3 Å². The number of carbonyl (C=O) groups excluding carboxylic acids is 1. The molecular weight excluding hydrogens is 248 g/mol. The Balaban J connectivity index is 2.14. The van der Waals surface area contributed by atoms with Crippen LogP contribution < -0.4 is 11.1 Å². The Morgan fingerprint density at radius 2 is 2.28 bits per heavy atom. The van der Waals surface area contributed by atoms with Gasteiger partial charge in [-0.2, -0.15) is 0 Å². The summed E-state index contributed by atoms with van der Waals surface area (Å²) in [5.41, 5.74) is 5.80. The molecule has 2 heterocycles. The predicted molar refractivity (Wildman–Crippen MR) is 71.3 cm³/mol. The fourth-order valence-electron chi connectivity index (χ4n) is 1.61. The molecule has 6 heteroatoms. The average molecular weight is 262 g/mol. The second-order valence-corrected chi connectivity index (χ2v) is 4.72. The quantitative estimate of drug-likeness (QED) is 0.883. The third-order valence-electron chi connectivity index (χ3n) is 2.54. The van der Waals surface area contributed by atoms with Crippen molar-refractivity contribution >= 4 is 23.1 Å². The van der Waals surface area contributed by atoms with Crippen molar-refractivity contribution < 1.29 is 4.79 Å². The standard InChI is InChI=1S/C12H14N4OS/c1-2-8(9-4-3-7-18-9)16-12(17)10-11(13)15-6-5-14-10/h3-8H,2H2,1H3,(H2,13,15)(H,16,17). The van der Waals surface area contributed by atoms with E-state index in [1.165, 1.54) is 12.4 Å². The number of carbonyl (C=O) groups is 1. The van der Waals surface area contributed by atoms with Crippen LogP contribution in [0.15, 0.2) is 29.9 Å². The zero-order valence-corrected chi connectivity index (χ0v) is 10.8. The van der Waals surface area contributed by atoms with Crippen LogP contribution in [0, 0.1) is 0 Å². The van der Waals surface area contributed by atoms with E-state index in [0.29, 0.717) is 0 Å². The highest BCUT2D eigenvalue weighted by atomic mass is 32.1. The molecule has 0 aromatic carbocycles. The number of amides is 1. The van der Waals surface area contributed by atoms with Crippen LogP contribution in [0.25, 0.3) is 0 Å². The van der Waals surface area contributed by atoms with E-state index in [1.54, 1.807) is 11.3 Å². The topological polar surface area (TPSA) is 80.9 Å². The summed E-state index contributed by atoms with van der Waals surface area (Å²) in [6.07, 6.45) is 3.73. The molecule has 0 saturated carbocycles. The molecule has 1 unspecified atom stereocenters. The van der Waals surface area contributed by atoms with Crippen LogP contribution in [-0.2, 0) is 0 Å². The van der Waals surface area contributed by atoms with Crippen molar-refractivity contribution in [2.75, 3.05) is 5.73 Å². The lowest BCUT2D eigenvalue weighted by Gasteiger charge is -2.15. The van der Waals surface area contributed by atoms with E-state index in [4.69, 9.17) is 5.73 Å². The van der Waals surface area contributed by atoms with E-state index < -0.39 is 0 Å². The number of hydrogen-bond donors (Lipinski definition) is 2. The molecule has 0 aliphatic rings. The van der Waals surface area contributed by atoms with E-state index >= 15 is 0 Å². The minimum absolute atomic E-state index is 0.0149. The minimum atomic E-state index is -0.291. The molecule has 2 aromatic rings. The monoisotopic (exact) mass is 262 g/mol. The van der Waals surface area contributed by atoms with Gasteiger partial charge >= 0.3 is 0 Å². The van der Waals surface area contributed by atoms with Crippen molar-refractivity contribution in [1.82, 2.24) is 15.3 Å². The normalized spacial score (nSPS) is 12.1. The lowest BCUT2D eigenvalue weighted by molar-refractivity contribution is 0.0932. The third-order valence-corrected chi connectivity index (χ3v) is 3.53. The van der Waals surface area contributed by atoms with Gasteiger partial charge in [0.2, 0.25) is 0 Å². The first-order chi connectivity index (χ1) is 8.72. The van der Waals surface area contributed by atoms with Gasteiger partial charge in [-0.3, -0.25) is 4.79 Å². The van der Waals surface area contributed by atoms with Crippen LogP contribution in [0.1, 0.15) is 34.8 Å². The van der Waals surface area contributed by atoms with Gasteiger partial charge in [-0.05, 0) is 17.9 Å². The Morgan fingerprint density at radius 3 is 2.89 bits per heavy atom. The molecule has 18 heavy (non-hydrogen) atoms. The molecule has 0 saturated heterocycles. The molecule has 0 radical (unpaired) electrons. The Morgan fingerprint density at radius 1 is 1.50 bits per heavy atom. The van der Waals surface area contributed by atoms with Crippen molar-refractivity contribution in [3.8, 4) is 0 Å². The first-order valence-electron chi connectivity index (χ1n) is 5.63. The average Bonchev–Trinajstić information content (AvgIpc) is 2.90. The van der Waals surface area contributed by atoms with Crippen molar-refractivity contribution in [1.29, 1.82) is 0 Å². The van der Waals surface area contributed by atoms with Gasteiger partial charge in [0.15, 0.2) is 11.5 Å². The van der Waals surface area contributed by atoms with Gasteiger partial charge in [0, 0.05) is 17.3 Å². The number of nitrogens with zero attached hydrogens (tertiary/aromatic N) is 2. The molecule has 0 aliphatic carbocycles. The summed E-state index contributed by atoms with van der Waals surface area (Å²) in [7, 11) is 0. The van der Waals surface area contributed by atoms with E-state index in [-0.39, 0.29) is 23.5 Å². The number of nitrogens with two attached hydrogens (primary N) is 1. The largest absolute Gasteiger partial charge is 0.382 e. The van der Waals surface area contributed by atoms with Gasteiger partial charge in [-0.1, -0.05) is 13.0 Å². The van der Waals surface area contributed by atoms with E-state index in [2.05, 4.69) is 15.3 Å². The lowest BCUT2D eigenvalue weighted by Crippen LogP contribution is -2.29. The highest BCUT2D eigenvalue weighted by molar-refractivity contribution is 7.10. The third kappa shape index (κ3) is 2.65. The van der Waals surface area contributed by atoms with Gasteiger partial charge in [-0.15, -0.1) is 11.3 Å². The van der Waals surface area contributed by atoms with Gasteiger partial charge in [0.1, 0.15) is 0 Å². The summed E-state index contributed by atoms with van der Waals surface area (Å²) in [6, 6.07) is 3.95. The van der Waals surface area contributed by atoms with Crippen LogP contribution in [0.4, 0.5) is 5.82 Å². The Bertz CT molecular complexity index is 527. The summed E-state index contributed by atoms with van der Waals surface area (Å²) in [6.45, 7) is 2.02. The fraction of sp³-hybridized carbons (Fsp3) is 0.250. The molecule has 5 nitrogen and oxygen atoms in total. The molecule has 0 bridgehead atoms. The maximum absolute atomic E-state index is 12.0. The predicted octanol–water partition coefficient (Wildman–Crippen LogP) is 2.00. The zero-order valence-electron chi connectivity index (χ0n) is 9.96. The van der Waals surface area contributed by atoms with E-state index in [1.807, 2.05) is 24.4 Å². The molecule has 0 aliphatic heterocycles. The molecule has 3 N–H and O–H groups in total. The molecule has 1 amide bonds. The van der Waals surface area contributed by atoms with E-state index in [9.17, 15) is 4.79 Å². The SMILES string of the molecule is CCC(NC(=O)c1nccnc1N)c1cccs1. The first-order valence-corrected chi connectivity index (χ1v) is 6.51. The second-order valence-electron chi connectivity index (χ2n) is 3.74. The summed E-state index contributed by atoms with van der Waals surface area (Å²) >= 11 is 1.61. The highest BCUT2D eigenvalue weighted by Gasteiger charge is 2.17. The molecule has 1 atom stereocenters. The number of thiophene rings is 1. The van der Waals surface area contributed by atoms with Gasteiger partial charge in [-0.25, -0.2) is 9.97 Å². The van der Waals surface area contributed by atoms with Crippen molar-refractivity contribution in [2.24, 2.45) is 0 Å². The van der Waals surface area contributed by atoms with Crippen LogP contribution in [0.2, 0.25) is 0 Å². The molecule has 0 spiro atoms. The number of rotatable bonds is 4. The number of nitrogen functional groups attached to an aromatic ring is 1. The Kier molecular flexibility index (Phi) is 3.88. The van der Waals surface area contributed by atoms with Gasteiger partial charge < -0.3 is 11.1 Å². The maximum atomic E-state index is 12.0. The van der Waals surface area contributed by atoms with Crippen LogP contribution in [0.3, 0.4) is 0 Å². The number of nitrogens with one attached hydrogen (secondary N) is 1. The smallest absolute Gasteiger partial charge is 0.274 e. The minimum Gasteiger partial charge on any atom is -0.382 e. The van der Waals surface area contributed by atoms with Crippen molar-refractivity contribution in [2.45, 2.75) is 19.4 Å². The lowest BCUT2D eigenvalue weighted by atomic mass is 10.2. The van der Waals surface area contributed by atoms with E-state index in [0.717, 1.165) is 11.3 Å². The second kappa shape index (κ2) is 5.59. The summed E-state index contributed by atoms with van der Waals surface area (Å²) in [5.74, 6) is -0.142. The summed E-state index contributed by atoms with van der Waals surface area (Å²) in [5, 5.41) is 4.90. The number of hydrogen-bond acceptors (Lipinski definition) is 5. The van der Waals surface area contributed by atoms with Crippen molar-refractivity contribution in [3.63, 3.8) is 0 Å². The summed E-state index contributed by atoms with van der Waals surface area (Å²) < 4.78 is 0. The number of aromatic nitrogens is 2. The Labute approximate surface area is 109 Å². The molecular formula is C12H14N4OS. The molecule has 0 fully saturated rings. The summed E-state index contributed by atoms with van der Waals surface area (Å²) in [4.78, 5) is 21.0. The van der Waals surface area contributed by atoms with Gasteiger partial charge in [0.25, 0.3) is 5.91 Å².